The van der Waals surface area contributed by atoms with Crippen molar-refractivity contribution in [2.24, 2.45) is 0 Å². The molecular weight excluding hydrogens is 279 g/mol. The Hall–Kier alpha value is -1.99. The fraction of sp³-hybridized carbons (Fsp3) is 0.429. The van der Waals surface area contributed by atoms with Gasteiger partial charge < -0.3 is 20.8 Å². The van der Waals surface area contributed by atoms with Crippen LogP contribution in [0.25, 0.3) is 0 Å². The van der Waals surface area contributed by atoms with E-state index >= 15 is 0 Å². The van der Waals surface area contributed by atoms with E-state index in [2.05, 4.69) is 10.6 Å². The lowest BCUT2D eigenvalue weighted by Crippen LogP contribution is -2.37. The fourth-order valence-corrected chi connectivity index (χ4v) is 1.72. The lowest BCUT2D eigenvalue weighted by Gasteiger charge is -2.12. The molecule has 1 rings (SSSR count). The Morgan fingerprint density at radius 1 is 1.33 bits per heavy atom. The van der Waals surface area contributed by atoms with E-state index in [1.54, 1.807) is 13.0 Å². The molecule has 0 saturated heterocycles. The summed E-state index contributed by atoms with van der Waals surface area (Å²) in [5, 5.41) is 23.3. The van der Waals surface area contributed by atoms with Crippen LogP contribution in [0.2, 0.25) is 0 Å². The molecule has 4 N–H and O–H groups in total. The number of halogens is 1. The Balaban J connectivity index is 2.27. The van der Waals surface area contributed by atoms with Gasteiger partial charge in [0, 0.05) is 0 Å². The van der Waals surface area contributed by atoms with E-state index in [9.17, 15) is 19.1 Å². The van der Waals surface area contributed by atoms with Crippen LogP contribution in [-0.2, 0) is 9.59 Å². The van der Waals surface area contributed by atoms with Gasteiger partial charge in [0.15, 0.2) is 0 Å². The Morgan fingerprint density at radius 3 is 2.67 bits per heavy atom. The molecule has 0 aliphatic heterocycles. The monoisotopic (exact) mass is 298 g/mol. The van der Waals surface area contributed by atoms with Crippen LogP contribution in [0, 0.1) is 12.7 Å². The average Bonchev–Trinajstić information content (AvgIpc) is 2.44. The van der Waals surface area contributed by atoms with Gasteiger partial charge in [0.25, 0.3) is 0 Å². The Bertz CT molecular complexity index is 508. The van der Waals surface area contributed by atoms with Gasteiger partial charge in [-0.3, -0.25) is 9.59 Å². The van der Waals surface area contributed by atoms with Gasteiger partial charge in [0.1, 0.15) is 12.4 Å². The number of benzene rings is 1. The van der Waals surface area contributed by atoms with Gasteiger partial charge in [-0.15, -0.1) is 0 Å². The molecule has 116 valence electrons. The number of nitrogens with one attached hydrogen (secondary N) is 2. The van der Waals surface area contributed by atoms with E-state index in [-0.39, 0.29) is 12.4 Å². The largest absolute Gasteiger partial charge is 0.480 e. The number of carboxylic acid groups (broad SMARTS) is 1. The van der Waals surface area contributed by atoms with Crippen molar-refractivity contribution in [1.82, 2.24) is 10.6 Å². The summed E-state index contributed by atoms with van der Waals surface area (Å²) < 4.78 is 13.1. The second-order valence-corrected chi connectivity index (χ2v) is 4.66. The average molecular weight is 298 g/mol. The third-order valence-corrected chi connectivity index (χ3v) is 2.88. The smallest absolute Gasteiger partial charge is 0.322 e. The fourth-order valence-electron chi connectivity index (χ4n) is 1.72. The van der Waals surface area contributed by atoms with Crippen LogP contribution in [0.4, 0.5) is 4.39 Å². The van der Waals surface area contributed by atoms with E-state index in [4.69, 9.17) is 5.11 Å². The lowest BCUT2D eigenvalue weighted by molar-refractivity contribution is -0.137. The topological polar surface area (TPSA) is 98.7 Å². The summed E-state index contributed by atoms with van der Waals surface area (Å²) in [5.41, 5.74) is 1.08. The van der Waals surface area contributed by atoms with Gasteiger partial charge in [-0.25, -0.2) is 4.39 Å². The first-order valence-corrected chi connectivity index (χ1v) is 6.53. The number of carbonyl (C=O) groups is 2. The predicted octanol–water partition coefficient (Wildman–Crippen LogP) is 0.348. The zero-order valence-electron chi connectivity index (χ0n) is 11.7. The highest BCUT2D eigenvalue weighted by molar-refractivity contribution is 5.82. The number of hydrogen-bond acceptors (Lipinski definition) is 4. The SMILES string of the molecule is Cc1cc(C(O)CCNCC(=O)NCC(=O)O)ccc1F. The van der Waals surface area contributed by atoms with Crippen LogP contribution >= 0.6 is 0 Å². The minimum Gasteiger partial charge on any atom is -0.480 e. The minimum absolute atomic E-state index is 0.0254. The van der Waals surface area contributed by atoms with Crippen molar-refractivity contribution < 1.29 is 24.2 Å². The van der Waals surface area contributed by atoms with Gasteiger partial charge in [0.2, 0.25) is 5.91 Å². The number of rotatable bonds is 8. The van der Waals surface area contributed by atoms with Gasteiger partial charge in [0.05, 0.1) is 12.6 Å². The van der Waals surface area contributed by atoms with Crippen LogP contribution in [0.3, 0.4) is 0 Å². The molecule has 7 heteroatoms. The van der Waals surface area contributed by atoms with Gasteiger partial charge in [-0.05, 0) is 37.1 Å². The van der Waals surface area contributed by atoms with Crippen LogP contribution in [-0.4, -0.2) is 41.7 Å². The number of aliphatic carboxylic acids is 1. The molecule has 0 aliphatic carbocycles. The highest BCUT2D eigenvalue weighted by Crippen LogP contribution is 2.18. The lowest BCUT2D eigenvalue weighted by atomic mass is 10.0. The molecule has 1 unspecified atom stereocenters. The van der Waals surface area contributed by atoms with Crippen molar-refractivity contribution in [3.8, 4) is 0 Å². The highest BCUT2D eigenvalue weighted by atomic mass is 19.1. The van der Waals surface area contributed by atoms with Crippen molar-refractivity contribution in [2.75, 3.05) is 19.6 Å². The van der Waals surface area contributed by atoms with Crippen LogP contribution in [0.15, 0.2) is 18.2 Å². The Kier molecular flexibility index (Phi) is 6.77. The maximum atomic E-state index is 13.1. The molecule has 0 bridgehead atoms. The minimum atomic E-state index is -1.11. The summed E-state index contributed by atoms with van der Waals surface area (Å²) in [7, 11) is 0. The molecule has 1 aromatic rings. The zero-order chi connectivity index (χ0) is 15.8. The van der Waals surface area contributed by atoms with E-state index < -0.39 is 24.5 Å². The number of aryl methyl sites for hydroxylation is 1. The van der Waals surface area contributed by atoms with Crippen LogP contribution in [0.1, 0.15) is 23.7 Å². The summed E-state index contributed by atoms with van der Waals surface area (Å²) in [4.78, 5) is 21.4. The molecule has 0 fully saturated rings. The third kappa shape index (κ3) is 6.33. The summed E-state index contributed by atoms with van der Waals surface area (Å²) in [6.45, 7) is 1.55. The third-order valence-electron chi connectivity index (χ3n) is 2.88. The molecule has 0 spiro atoms. The first kappa shape index (κ1) is 17.1. The quantitative estimate of drug-likeness (QED) is 0.519. The van der Waals surface area contributed by atoms with Gasteiger partial charge in [-0.2, -0.15) is 0 Å². The zero-order valence-corrected chi connectivity index (χ0v) is 11.7. The molecule has 1 aromatic carbocycles. The molecule has 0 aliphatic rings. The normalized spacial score (nSPS) is 12.0. The molecule has 0 aromatic heterocycles. The molecule has 6 nitrogen and oxygen atoms in total. The van der Waals surface area contributed by atoms with Crippen molar-refractivity contribution in [3.05, 3.63) is 35.1 Å². The van der Waals surface area contributed by atoms with E-state index in [1.807, 2.05) is 0 Å². The highest BCUT2D eigenvalue weighted by Gasteiger charge is 2.09. The molecule has 1 amide bonds. The summed E-state index contributed by atoms with van der Waals surface area (Å²) in [6, 6.07) is 4.41. The maximum Gasteiger partial charge on any atom is 0.322 e. The second-order valence-electron chi connectivity index (χ2n) is 4.66. The van der Waals surface area contributed by atoms with E-state index in [0.29, 0.717) is 24.1 Å². The van der Waals surface area contributed by atoms with Crippen molar-refractivity contribution in [1.29, 1.82) is 0 Å². The number of aliphatic hydroxyl groups excluding tert-OH is 1. The second kappa shape index (κ2) is 8.33. The van der Waals surface area contributed by atoms with Crippen LogP contribution < -0.4 is 10.6 Å². The maximum absolute atomic E-state index is 13.1. The number of hydrogen-bond donors (Lipinski definition) is 4. The van der Waals surface area contributed by atoms with Crippen LogP contribution in [0.5, 0.6) is 0 Å². The first-order chi connectivity index (χ1) is 9.90. The molecule has 0 saturated carbocycles. The molecule has 21 heavy (non-hydrogen) atoms. The predicted molar refractivity (Wildman–Crippen MR) is 74.2 cm³/mol. The van der Waals surface area contributed by atoms with E-state index in [1.165, 1.54) is 12.1 Å². The van der Waals surface area contributed by atoms with Gasteiger partial charge in [-0.1, -0.05) is 12.1 Å². The molecule has 0 heterocycles. The Morgan fingerprint density at radius 2 is 2.05 bits per heavy atom. The standard InChI is InChI=1S/C14H19FN2O4/c1-9-6-10(2-3-11(9)15)12(18)4-5-16-7-13(19)17-8-14(20)21/h2-3,6,12,16,18H,4-5,7-8H2,1H3,(H,17,19)(H,20,21). The number of aliphatic hydroxyl groups is 1. The van der Waals surface area contributed by atoms with Crippen molar-refractivity contribution in [3.63, 3.8) is 0 Å². The summed E-state index contributed by atoms with van der Waals surface area (Å²) in [5.74, 6) is -1.85. The van der Waals surface area contributed by atoms with Gasteiger partial charge >= 0.3 is 5.97 Å². The first-order valence-electron chi connectivity index (χ1n) is 6.53. The van der Waals surface area contributed by atoms with E-state index in [0.717, 1.165) is 0 Å². The summed E-state index contributed by atoms with van der Waals surface area (Å²) >= 11 is 0. The molecule has 1 atom stereocenters. The number of carboxylic acids is 1. The summed E-state index contributed by atoms with van der Waals surface area (Å²) in [6.07, 6.45) is -0.393. The van der Waals surface area contributed by atoms with Crippen molar-refractivity contribution in [2.45, 2.75) is 19.4 Å². The molecular formula is C14H19FN2O4. The number of amides is 1. The molecule has 0 radical (unpaired) electrons. The Labute approximate surface area is 122 Å². The van der Waals surface area contributed by atoms with Crippen molar-refractivity contribution >= 4 is 11.9 Å². The number of carbonyl (C=O) groups excluding carboxylic acids is 1.